The van der Waals surface area contributed by atoms with Crippen molar-refractivity contribution in [2.75, 3.05) is 5.32 Å². The van der Waals surface area contributed by atoms with Crippen LogP contribution in [0.2, 0.25) is 0 Å². The molecule has 3 aromatic rings. The van der Waals surface area contributed by atoms with Crippen molar-refractivity contribution in [3.63, 3.8) is 0 Å². The van der Waals surface area contributed by atoms with Crippen LogP contribution in [0.25, 0.3) is 5.69 Å². The Balaban J connectivity index is 1.62. The first-order valence-corrected chi connectivity index (χ1v) is 7.53. The molecule has 0 aliphatic rings. The van der Waals surface area contributed by atoms with Crippen LogP contribution < -0.4 is 11.0 Å². The predicted octanol–water partition coefficient (Wildman–Crippen LogP) is 1.10. The average molecular weight is 326 g/mol. The highest BCUT2D eigenvalue weighted by Crippen LogP contribution is 2.12. The summed E-state index contributed by atoms with van der Waals surface area (Å²) in [5.41, 5.74) is 1.10. The largest absolute Gasteiger partial charge is 0.350 e. The fourth-order valence-corrected chi connectivity index (χ4v) is 2.33. The third-order valence-electron chi connectivity index (χ3n) is 3.72. The Bertz CT molecular complexity index is 903. The number of hydrogen-bond donors (Lipinski definition) is 1. The normalized spacial score (nSPS) is 10.8. The second-order valence-corrected chi connectivity index (χ2v) is 5.45. The number of rotatable bonds is 5. The molecule has 0 saturated carbocycles. The van der Waals surface area contributed by atoms with Gasteiger partial charge in [-0.2, -0.15) is 9.78 Å². The zero-order valence-corrected chi connectivity index (χ0v) is 13.5. The number of anilines is 1. The van der Waals surface area contributed by atoms with Crippen molar-refractivity contribution in [1.82, 2.24) is 23.9 Å². The van der Waals surface area contributed by atoms with Crippen molar-refractivity contribution in [3.8, 4) is 5.69 Å². The number of aryl methyl sites for hydroxylation is 3. The van der Waals surface area contributed by atoms with Gasteiger partial charge >= 0.3 is 5.69 Å². The van der Waals surface area contributed by atoms with E-state index in [4.69, 9.17) is 0 Å². The minimum absolute atomic E-state index is 0.0779. The Morgan fingerprint density at radius 1 is 1.25 bits per heavy atom. The molecule has 1 aromatic carbocycles. The zero-order chi connectivity index (χ0) is 17.1. The molecule has 2 heterocycles. The van der Waals surface area contributed by atoms with Crippen LogP contribution in [0.15, 0.2) is 47.8 Å². The third-order valence-corrected chi connectivity index (χ3v) is 3.72. The summed E-state index contributed by atoms with van der Waals surface area (Å²) in [7, 11) is 1.64. The number of aromatic nitrogens is 5. The fraction of sp³-hybridized carbons (Fsp3) is 0.250. The number of hydrogen-bond acceptors (Lipinski definition) is 4. The molecule has 0 radical (unpaired) electrons. The predicted molar refractivity (Wildman–Crippen MR) is 89.0 cm³/mol. The molecule has 0 atom stereocenters. The monoisotopic (exact) mass is 326 g/mol. The molecule has 0 unspecified atom stereocenters. The van der Waals surface area contributed by atoms with Gasteiger partial charge in [0.2, 0.25) is 5.91 Å². The first kappa shape index (κ1) is 15.7. The zero-order valence-electron chi connectivity index (χ0n) is 13.5. The Morgan fingerprint density at radius 3 is 2.58 bits per heavy atom. The highest BCUT2D eigenvalue weighted by molar-refractivity contribution is 5.90. The number of imidazole rings is 1. The maximum Gasteiger partial charge on any atom is 0.350 e. The Labute approximate surface area is 138 Å². The van der Waals surface area contributed by atoms with Crippen LogP contribution in [0.3, 0.4) is 0 Å². The van der Waals surface area contributed by atoms with Crippen molar-refractivity contribution in [2.24, 2.45) is 7.05 Å². The van der Waals surface area contributed by atoms with Crippen LogP contribution >= 0.6 is 0 Å². The molecule has 24 heavy (non-hydrogen) atoms. The lowest BCUT2D eigenvalue weighted by atomic mass is 10.2. The minimum Gasteiger partial charge on any atom is -0.335 e. The molecule has 0 spiro atoms. The van der Waals surface area contributed by atoms with Crippen LogP contribution in [0.5, 0.6) is 0 Å². The van der Waals surface area contributed by atoms with Crippen molar-refractivity contribution < 1.29 is 4.79 Å². The summed E-state index contributed by atoms with van der Waals surface area (Å²) < 4.78 is 4.62. The molecule has 1 amide bonds. The maximum atomic E-state index is 12.0. The Hall–Kier alpha value is -3.16. The quantitative estimate of drug-likeness (QED) is 0.761. The van der Waals surface area contributed by atoms with Gasteiger partial charge in [0.05, 0.1) is 5.69 Å². The fourth-order valence-electron chi connectivity index (χ4n) is 2.33. The van der Waals surface area contributed by atoms with Gasteiger partial charge in [-0.15, -0.1) is 0 Å². The number of carbonyl (C=O) groups is 1. The standard InChI is InChI=1S/C16H18N6O2/c1-12-17-8-10-21(12)9-7-15(23)19-13-3-5-14(6-4-13)22-16(24)20(2)11-18-22/h3-6,8,10-11H,7,9H2,1-2H3,(H,19,23). The van der Waals surface area contributed by atoms with Crippen molar-refractivity contribution in [3.05, 3.63) is 59.3 Å². The summed E-state index contributed by atoms with van der Waals surface area (Å²) in [6, 6.07) is 6.97. The summed E-state index contributed by atoms with van der Waals surface area (Å²) in [5.74, 6) is 0.804. The number of carbonyl (C=O) groups excluding carboxylic acids is 1. The van der Waals surface area contributed by atoms with E-state index in [1.54, 1.807) is 37.5 Å². The number of nitrogens with zero attached hydrogens (tertiary/aromatic N) is 5. The van der Waals surface area contributed by atoms with E-state index in [2.05, 4.69) is 15.4 Å². The first-order chi connectivity index (χ1) is 11.5. The molecule has 3 rings (SSSR count). The molecule has 1 N–H and O–H groups in total. The molecule has 0 bridgehead atoms. The van der Waals surface area contributed by atoms with Gasteiger partial charge in [0.25, 0.3) is 0 Å². The topological polar surface area (TPSA) is 86.7 Å². The lowest BCUT2D eigenvalue weighted by molar-refractivity contribution is -0.116. The maximum absolute atomic E-state index is 12.0. The number of nitrogens with one attached hydrogen (secondary N) is 1. The van der Waals surface area contributed by atoms with E-state index in [1.165, 1.54) is 15.6 Å². The number of amides is 1. The van der Waals surface area contributed by atoms with Crippen LogP contribution in [-0.2, 0) is 18.4 Å². The van der Waals surface area contributed by atoms with Gasteiger partial charge < -0.3 is 9.88 Å². The SMILES string of the molecule is Cc1nccn1CCC(=O)Nc1ccc(-n2ncn(C)c2=O)cc1. The average Bonchev–Trinajstić information content (AvgIpc) is 3.13. The molecule has 0 fully saturated rings. The summed E-state index contributed by atoms with van der Waals surface area (Å²) in [5, 5.41) is 6.85. The second kappa shape index (κ2) is 6.53. The van der Waals surface area contributed by atoms with Gasteiger partial charge in [-0.05, 0) is 31.2 Å². The molecular weight excluding hydrogens is 308 g/mol. The molecule has 8 heteroatoms. The minimum atomic E-state index is -0.220. The highest BCUT2D eigenvalue weighted by atomic mass is 16.2. The van der Waals surface area contributed by atoms with Crippen LogP contribution in [0, 0.1) is 6.92 Å². The van der Waals surface area contributed by atoms with E-state index >= 15 is 0 Å². The van der Waals surface area contributed by atoms with Crippen molar-refractivity contribution >= 4 is 11.6 Å². The van der Waals surface area contributed by atoms with E-state index in [0.717, 1.165) is 5.82 Å². The van der Waals surface area contributed by atoms with E-state index in [9.17, 15) is 9.59 Å². The molecule has 0 aliphatic carbocycles. The van der Waals surface area contributed by atoms with E-state index < -0.39 is 0 Å². The summed E-state index contributed by atoms with van der Waals surface area (Å²) >= 11 is 0. The number of benzene rings is 1. The van der Waals surface area contributed by atoms with Gasteiger partial charge in [0, 0.05) is 38.1 Å². The van der Waals surface area contributed by atoms with Crippen molar-refractivity contribution in [2.45, 2.75) is 19.9 Å². The molecule has 124 valence electrons. The van der Waals surface area contributed by atoms with Crippen LogP contribution in [0.1, 0.15) is 12.2 Å². The van der Waals surface area contributed by atoms with Gasteiger partial charge in [0.1, 0.15) is 12.2 Å². The molecule has 0 saturated heterocycles. The van der Waals surface area contributed by atoms with Gasteiger partial charge in [-0.3, -0.25) is 9.36 Å². The molecule has 8 nitrogen and oxygen atoms in total. The Morgan fingerprint density at radius 2 is 2.00 bits per heavy atom. The van der Waals surface area contributed by atoms with Crippen LogP contribution in [0.4, 0.5) is 5.69 Å². The lowest BCUT2D eigenvalue weighted by Gasteiger charge is -2.07. The van der Waals surface area contributed by atoms with E-state index in [0.29, 0.717) is 24.3 Å². The van der Waals surface area contributed by atoms with Crippen molar-refractivity contribution in [1.29, 1.82) is 0 Å². The first-order valence-electron chi connectivity index (χ1n) is 7.53. The summed E-state index contributed by atoms with van der Waals surface area (Å²) in [6.45, 7) is 2.48. The molecule has 0 aliphatic heterocycles. The molecular formula is C16H18N6O2. The smallest absolute Gasteiger partial charge is 0.335 e. The third kappa shape index (κ3) is 3.27. The van der Waals surface area contributed by atoms with Gasteiger partial charge in [0.15, 0.2) is 0 Å². The van der Waals surface area contributed by atoms with E-state index in [-0.39, 0.29) is 11.6 Å². The molecule has 2 aromatic heterocycles. The summed E-state index contributed by atoms with van der Waals surface area (Å²) in [4.78, 5) is 28.0. The Kier molecular flexibility index (Phi) is 4.28. The lowest BCUT2D eigenvalue weighted by Crippen LogP contribution is -2.21. The van der Waals surface area contributed by atoms with Gasteiger partial charge in [-0.1, -0.05) is 0 Å². The second-order valence-electron chi connectivity index (χ2n) is 5.45. The van der Waals surface area contributed by atoms with Gasteiger partial charge in [-0.25, -0.2) is 9.78 Å². The highest BCUT2D eigenvalue weighted by Gasteiger charge is 2.07. The van der Waals surface area contributed by atoms with Crippen LogP contribution in [-0.4, -0.2) is 29.8 Å². The van der Waals surface area contributed by atoms with E-state index in [1.807, 2.05) is 17.7 Å². The summed E-state index contributed by atoms with van der Waals surface area (Å²) in [6.07, 6.45) is 5.38.